The van der Waals surface area contributed by atoms with Crippen molar-refractivity contribution in [2.45, 2.75) is 0 Å². The standard InChI is InChI=1S/C21H17ClN2O5/c1-26-12-15(21(25)27-2)14-7-3-5-9-17(14)28-19-11-20(24-13-23-19)29-18-10-6-4-8-16(18)22/h3-13H,1-2H3/b15-12+. The maximum Gasteiger partial charge on any atom is 0.341 e. The summed E-state index contributed by atoms with van der Waals surface area (Å²) in [5.74, 6) is 0.740. The first kappa shape index (κ1) is 20.2. The highest BCUT2D eigenvalue weighted by Crippen LogP contribution is 2.32. The van der Waals surface area contributed by atoms with E-state index < -0.39 is 5.97 Å². The van der Waals surface area contributed by atoms with Gasteiger partial charge in [0, 0.05) is 5.56 Å². The fraction of sp³-hybridized carbons (Fsp3) is 0.0952. The molecule has 29 heavy (non-hydrogen) atoms. The van der Waals surface area contributed by atoms with E-state index in [9.17, 15) is 4.79 Å². The van der Waals surface area contributed by atoms with E-state index in [2.05, 4.69) is 9.97 Å². The largest absolute Gasteiger partial charge is 0.503 e. The van der Waals surface area contributed by atoms with Gasteiger partial charge in [0.2, 0.25) is 11.8 Å². The first-order chi connectivity index (χ1) is 14.1. The zero-order valence-corrected chi connectivity index (χ0v) is 16.4. The molecule has 1 aromatic heterocycles. The topological polar surface area (TPSA) is 79.8 Å². The van der Waals surface area contributed by atoms with E-state index in [0.717, 1.165) is 0 Å². The fourth-order valence-corrected chi connectivity index (χ4v) is 2.59. The number of carbonyl (C=O) groups is 1. The third-order valence-corrected chi connectivity index (χ3v) is 4.01. The number of aromatic nitrogens is 2. The van der Waals surface area contributed by atoms with Gasteiger partial charge in [-0.3, -0.25) is 0 Å². The second-order valence-electron chi connectivity index (χ2n) is 5.58. The molecule has 1 heterocycles. The molecule has 0 atom stereocenters. The molecule has 3 rings (SSSR count). The minimum Gasteiger partial charge on any atom is -0.503 e. The number of esters is 1. The van der Waals surface area contributed by atoms with Crippen LogP contribution in [0.15, 0.2) is 67.2 Å². The third-order valence-electron chi connectivity index (χ3n) is 3.70. The van der Waals surface area contributed by atoms with Crippen molar-refractivity contribution in [3.8, 4) is 23.3 Å². The van der Waals surface area contributed by atoms with Crippen LogP contribution in [0.4, 0.5) is 0 Å². The van der Waals surface area contributed by atoms with E-state index in [1.807, 2.05) is 0 Å². The molecule has 2 aromatic carbocycles. The van der Waals surface area contributed by atoms with Gasteiger partial charge < -0.3 is 18.9 Å². The van der Waals surface area contributed by atoms with Crippen LogP contribution < -0.4 is 9.47 Å². The molecule has 0 fully saturated rings. The van der Waals surface area contributed by atoms with Crippen LogP contribution in [0.1, 0.15) is 5.56 Å². The average Bonchev–Trinajstić information content (AvgIpc) is 2.74. The summed E-state index contributed by atoms with van der Waals surface area (Å²) in [6.45, 7) is 0. The lowest BCUT2D eigenvalue weighted by atomic mass is 10.1. The lowest BCUT2D eigenvalue weighted by molar-refractivity contribution is -0.133. The molecule has 0 aliphatic carbocycles. The molecule has 0 saturated heterocycles. The number of halogens is 1. The number of carbonyl (C=O) groups excluding carboxylic acids is 1. The fourth-order valence-electron chi connectivity index (χ4n) is 2.41. The number of ether oxygens (including phenoxy) is 4. The highest BCUT2D eigenvalue weighted by atomic mass is 35.5. The third kappa shape index (κ3) is 5.03. The van der Waals surface area contributed by atoms with Crippen molar-refractivity contribution in [1.82, 2.24) is 9.97 Å². The van der Waals surface area contributed by atoms with Gasteiger partial charge in [0.05, 0.1) is 31.6 Å². The molecular formula is C21H17ClN2O5. The molecule has 3 aromatic rings. The number of methoxy groups -OCH3 is 2. The zero-order valence-electron chi connectivity index (χ0n) is 15.7. The van der Waals surface area contributed by atoms with Crippen LogP contribution in [-0.2, 0) is 14.3 Å². The second kappa shape index (κ2) is 9.57. The molecule has 7 nitrogen and oxygen atoms in total. The number of hydrogen-bond acceptors (Lipinski definition) is 7. The van der Waals surface area contributed by atoms with E-state index in [1.54, 1.807) is 48.5 Å². The van der Waals surface area contributed by atoms with Gasteiger partial charge in [-0.05, 0) is 18.2 Å². The van der Waals surface area contributed by atoms with Crippen LogP contribution in [0.2, 0.25) is 5.02 Å². The molecular weight excluding hydrogens is 396 g/mol. The predicted octanol–water partition coefficient (Wildman–Crippen LogP) is 4.87. The number of hydrogen-bond donors (Lipinski definition) is 0. The van der Waals surface area contributed by atoms with Gasteiger partial charge >= 0.3 is 5.97 Å². The summed E-state index contributed by atoms with van der Waals surface area (Å²) in [4.78, 5) is 20.3. The molecule has 0 aliphatic heterocycles. The number of benzene rings is 2. The Labute approximate surface area is 172 Å². The van der Waals surface area contributed by atoms with E-state index >= 15 is 0 Å². The van der Waals surface area contributed by atoms with Crippen molar-refractivity contribution in [3.63, 3.8) is 0 Å². The van der Waals surface area contributed by atoms with Gasteiger partial charge in [0.15, 0.2) is 0 Å². The van der Waals surface area contributed by atoms with Crippen LogP contribution in [0, 0.1) is 0 Å². The molecule has 0 aliphatic rings. The Morgan fingerprint density at radius 1 is 0.931 bits per heavy atom. The SMILES string of the molecule is CO/C=C(/C(=O)OC)c1ccccc1Oc1cc(Oc2ccccc2Cl)ncn1. The van der Waals surface area contributed by atoms with Gasteiger partial charge in [-0.2, -0.15) is 0 Å². The Bertz CT molecular complexity index is 1040. The normalized spacial score (nSPS) is 10.9. The second-order valence-corrected chi connectivity index (χ2v) is 5.99. The van der Waals surface area contributed by atoms with Crippen molar-refractivity contribution in [3.05, 3.63) is 77.8 Å². The van der Waals surface area contributed by atoms with Crippen molar-refractivity contribution < 1.29 is 23.7 Å². The lowest BCUT2D eigenvalue weighted by Gasteiger charge is -2.12. The van der Waals surface area contributed by atoms with Crippen LogP contribution >= 0.6 is 11.6 Å². The van der Waals surface area contributed by atoms with E-state index in [-0.39, 0.29) is 17.3 Å². The van der Waals surface area contributed by atoms with Gasteiger partial charge in [-0.1, -0.05) is 41.9 Å². The monoisotopic (exact) mass is 412 g/mol. The summed E-state index contributed by atoms with van der Waals surface area (Å²) in [6, 6.07) is 15.5. The Balaban J connectivity index is 1.89. The average molecular weight is 413 g/mol. The lowest BCUT2D eigenvalue weighted by Crippen LogP contribution is -2.06. The molecule has 0 saturated carbocycles. The van der Waals surface area contributed by atoms with Gasteiger partial charge in [-0.25, -0.2) is 14.8 Å². The van der Waals surface area contributed by atoms with Gasteiger partial charge in [-0.15, -0.1) is 0 Å². The summed E-state index contributed by atoms with van der Waals surface area (Å²) in [5, 5.41) is 0.450. The smallest absolute Gasteiger partial charge is 0.341 e. The minimum atomic E-state index is -0.562. The first-order valence-corrected chi connectivity index (χ1v) is 8.83. The number of para-hydroxylation sites is 2. The van der Waals surface area contributed by atoms with Gasteiger partial charge in [0.25, 0.3) is 0 Å². The van der Waals surface area contributed by atoms with Crippen molar-refractivity contribution >= 4 is 23.1 Å². The molecule has 0 spiro atoms. The molecule has 0 N–H and O–H groups in total. The van der Waals surface area contributed by atoms with Crippen molar-refractivity contribution in [1.29, 1.82) is 0 Å². The first-order valence-electron chi connectivity index (χ1n) is 8.45. The summed E-state index contributed by atoms with van der Waals surface area (Å²) >= 11 is 6.11. The number of rotatable bonds is 7. The molecule has 0 radical (unpaired) electrons. The van der Waals surface area contributed by atoms with Crippen LogP contribution in [-0.4, -0.2) is 30.2 Å². The highest BCUT2D eigenvalue weighted by Gasteiger charge is 2.18. The minimum absolute atomic E-state index is 0.201. The summed E-state index contributed by atoms with van der Waals surface area (Å²) in [6.07, 6.45) is 2.59. The van der Waals surface area contributed by atoms with Crippen molar-refractivity contribution in [2.75, 3.05) is 14.2 Å². The summed E-state index contributed by atoms with van der Waals surface area (Å²) < 4.78 is 21.4. The van der Waals surface area contributed by atoms with Gasteiger partial charge in [0.1, 0.15) is 23.4 Å². The summed E-state index contributed by atoms with van der Waals surface area (Å²) in [7, 11) is 2.73. The molecule has 0 bridgehead atoms. The van der Waals surface area contributed by atoms with Crippen LogP contribution in [0.25, 0.3) is 5.57 Å². The zero-order chi connectivity index (χ0) is 20.6. The van der Waals surface area contributed by atoms with Crippen LogP contribution in [0.3, 0.4) is 0 Å². The van der Waals surface area contributed by atoms with E-state index in [0.29, 0.717) is 22.1 Å². The summed E-state index contributed by atoms with van der Waals surface area (Å²) in [5.41, 5.74) is 0.681. The van der Waals surface area contributed by atoms with E-state index in [1.165, 1.54) is 32.9 Å². The quantitative estimate of drug-likeness (QED) is 0.311. The Morgan fingerprint density at radius 2 is 1.55 bits per heavy atom. The number of nitrogens with zero attached hydrogens (tertiary/aromatic N) is 2. The Hall–Kier alpha value is -3.58. The maximum atomic E-state index is 12.1. The molecule has 8 heteroatoms. The molecule has 0 amide bonds. The Morgan fingerprint density at radius 3 is 2.21 bits per heavy atom. The van der Waals surface area contributed by atoms with Crippen molar-refractivity contribution in [2.24, 2.45) is 0 Å². The molecule has 0 unspecified atom stereocenters. The maximum absolute atomic E-state index is 12.1. The van der Waals surface area contributed by atoms with Crippen LogP contribution in [0.5, 0.6) is 23.3 Å². The predicted molar refractivity (Wildman–Crippen MR) is 107 cm³/mol. The highest BCUT2D eigenvalue weighted by molar-refractivity contribution is 6.32. The molecule has 148 valence electrons. The van der Waals surface area contributed by atoms with E-state index in [4.69, 9.17) is 30.5 Å². The Kier molecular flexibility index (Phi) is 6.65.